The molecule has 76 valence electrons. The van der Waals surface area contributed by atoms with Gasteiger partial charge in [0.15, 0.2) is 0 Å². The number of nitrogens with zero attached hydrogens (tertiary/aromatic N) is 2. The first-order valence-electron chi connectivity index (χ1n) is 4.71. The molecule has 0 radical (unpaired) electrons. The van der Waals surface area contributed by atoms with Crippen molar-refractivity contribution in [2.24, 2.45) is 5.73 Å². The van der Waals surface area contributed by atoms with Crippen molar-refractivity contribution in [3.8, 4) is 12.3 Å². The maximum absolute atomic E-state index is 5.63. The Kier molecular flexibility index (Phi) is 4.17. The highest BCUT2D eigenvalue weighted by Crippen LogP contribution is 2.09. The van der Waals surface area contributed by atoms with Crippen molar-refractivity contribution in [3.05, 3.63) is 18.0 Å². The molecule has 0 saturated heterocycles. The van der Waals surface area contributed by atoms with Crippen LogP contribution in [0, 0.1) is 12.3 Å². The van der Waals surface area contributed by atoms with Gasteiger partial charge < -0.3 is 5.73 Å². The third-order valence-corrected chi connectivity index (χ3v) is 2.07. The molecule has 1 atom stereocenters. The zero-order valence-corrected chi connectivity index (χ0v) is 8.40. The molecule has 1 aromatic rings. The van der Waals surface area contributed by atoms with Crippen LogP contribution in [-0.2, 0) is 6.54 Å². The van der Waals surface area contributed by atoms with E-state index >= 15 is 0 Å². The van der Waals surface area contributed by atoms with Gasteiger partial charge in [0.2, 0.25) is 0 Å². The summed E-state index contributed by atoms with van der Waals surface area (Å²) in [5, 5.41) is 7.34. The quantitative estimate of drug-likeness (QED) is 0.652. The van der Waals surface area contributed by atoms with Crippen molar-refractivity contribution in [2.75, 3.05) is 13.1 Å². The molecule has 4 heteroatoms. The molecule has 0 aliphatic heterocycles. The summed E-state index contributed by atoms with van der Waals surface area (Å²) >= 11 is 0. The summed E-state index contributed by atoms with van der Waals surface area (Å²) in [5.74, 6) is 2.53. The van der Waals surface area contributed by atoms with Crippen LogP contribution in [0.3, 0.4) is 0 Å². The van der Waals surface area contributed by atoms with Gasteiger partial charge in [-0.1, -0.05) is 5.92 Å². The van der Waals surface area contributed by atoms with Crippen LogP contribution in [0.1, 0.15) is 18.5 Å². The van der Waals surface area contributed by atoms with Crippen LogP contribution in [0.5, 0.6) is 0 Å². The number of hydrogen-bond donors (Lipinski definition) is 2. The molecule has 0 aliphatic rings. The molecule has 0 aliphatic carbocycles. The average Bonchev–Trinajstić information content (AvgIpc) is 2.68. The summed E-state index contributed by atoms with van der Waals surface area (Å²) in [7, 11) is 0. The minimum Gasteiger partial charge on any atom is -0.329 e. The van der Waals surface area contributed by atoms with Crippen molar-refractivity contribution in [1.29, 1.82) is 0 Å². The van der Waals surface area contributed by atoms with Gasteiger partial charge in [-0.25, -0.2) is 0 Å². The Bertz CT molecular complexity index is 310. The summed E-state index contributed by atoms with van der Waals surface area (Å²) in [4.78, 5) is 0. The Balaban J connectivity index is 2.64. The standard InChI is InChI=1S/C10H16N4/c1-3-5-12-10(6-11)9-7-13-14(4-2)8-9/h1,7-8,10,12H,4-6,11H2,2H3. The second kappa shape index (κ2) is 5.43. The summed E-state index contributed by atoms with van der Waals surface area (Å²) in [6.07, 6.45) is 8.98. The monoisotopic (exact) mass is 192 g/mol. The zero-order chi connectivity index (χ0) is 10.4. The predicted molar refractivity (Wildman–Crippen MR) is 56.5 cm³/mol. The minimum atomic E-state index is 0.103. The molecular formula is C10H16N4. The molecular weight excluding hydrogens is 176 g/mol. The summed E-state index contributed by atoms with van der Waals surface area (Å²) < 4.78 is 1.87. The van der Waals surface area contributed by atoms with Gasteiger partial charge >= 0.3 is 0 Å². The van der Waals surface area contributed by atoms with Crippen molar-refractivity contribution in [2.45, 2.75) is 19.5 Å². The molecule has 0 spiro atoms. The Morgan fingerprint density at radius 1 is 1.79 bits per heavy atom. The highest BCUT2D eigenvalue weighted by molar-refractivity contribution is 5.11. The van der Waals surface area contributed by atoms with Crippen molar-refractivity contribution < 1.29 is 0 Å². The third kappa shape index (κ3) is 2.59. The molecule has 1 aromatic heterocycles. The molecule has 14 heavy (non-hydrogen) atoms. The fourth-order valence-electron chi connectivity index (χ4n) is 1.25. The summed E-state index contributed by atoms with van der Waals surface area (Å²) in [6, 6.07) is 0.103. The van der Waals surface area contributed by atoms with Crippen molar-refractivity contribution in [1.82, 2.24) is 15.1 Å². The molecule has 0 aromatic carbocycles. The van der Waals surface area contributed by atoms with Crippen molar-refractivity contribution >= 4 is 0 Å². The normalized spacial score (nSPS) is 12.4. The van der Waals surface area contributed by atoms with Crippen LogP contribution < -0.4 is 11.1 Å². The Labute approximate surface area is 84.5 Å². The summed E-state index contributed by atoms with van der Waals surface area (Å²) in [6.45, 7) is 3.96. The second-order valence-electron chi connectivity index (χ2n) is 3.00. The van der Waals surface area contributed by atoms with Crippen molar-refractivity contribution in [3.63, 3.8) is 0 Å². The lowest BCUT2D eigenvalue weighted by Gasteiger charge is -2.12. The molecule has 1 rings (SSSR count). The van der Waals surface area contributed by atoms with E-state index in [1.54, 1.807) is 0 Å². The van der Waals surface area contributed by atoms with E-state index in [1.807, 2.05) is 24.0 Å². The first-order valence-corrected chi connectivity index (χ1v) is 4.71. The van der Waals surface area contributed by atoms with E-state index in [2.05, 4.69) is 16.3 Å². The Morgan fingerprint density at radius 2 is 2.57 bits per heavy atom. The fraction of sp³-hybridized carbons (Fsp3) is 0.500. The number of rotatable bonds is 5. The van der Waals surface area contributed by atoms with Crippen LogP contribution in [-0.4, -0.2) is 22.9 Å². The van der Waals surface area contributed by atoms with E-state index in [0.29, 0.717) is 13.1 Å². The highest BCUT2D eigenvalue weighted by atomic mass is 15.3. The third-order valence-electron chi connectivity index (χ3n) is 2.07. The fourth-order valence-corrected chi connectivity index (χ4v) is 1.25. The topological polar surface area (TPSA) is 55.9 Å². The van der Waals surface area contributed by atoms with Gasteiger partial charge in [-0.2, -0.15) is 5.10 Å². The highest BCUT2D eigenvalue weighted by Gasteiger charge is 2.09. The molecule has 1 unspecified atom stereocenters. The van der Waals surface area contributed by atoms with Gasteiger partial charge in [-0.15, -0.1) is 6.42 Å². The van der Waals surface area contributed by atoms with E-state index in [0.717, 1.165) is 12.1 Å². The molecule has 0 bridgehead atoms. The molecule has 4 nitrogen and oxygen atoms in total. The van der Waals surface area contributed by atoms with Gasteiger partial charge in [-0.05, 0) is 6.92 Å². The number of nitrogens with two attached hydrogens (primary N) is 1. The Hall–Kier alpha value is -1.31. The number of aryl methyl sites for hydroxylation is 1. The average molecular weight is 192 g/mol. The van der Waals surface area contributed by atoms with E-state index < -0.39 is 0 Å². The van der Waals surface area contributed by atoms with Gasteiger partial charge in [0.1, 0.15) is 0 Å². The number of hydrogen-bond acceptors (Lipinski definition) is 3. The lowest BCUT2D eigenvalue weighted by molar-refractivity contribution is 0.580. The van der Waals surface area contributed by atoms with Crippen LogP contribution in [0.4, 0.5) is 0 Å². The zero-order valence-electron chi connectivity index (χ0n) is 8.40. The van der Waals surface area contributed by atoms with Crippen LogP contribution in [0.2, 0.25) is 0 Å². The molecule has 0 saturated carbocycles. The van der Waals surface area contributed by atoms with E-state index in [-0.39, 0.29) is 6.04 Å². The first-order chi connectivity index (χ1) is 6.81. The van der Waals surface area contributed by atoms with Gasteiger partial charge in [0.25, 0.3) is 0 Å². The SMILES string of the molecule is C#CCNC(CN)c1cnn(CC)c1. The largest absolute Gasteiger partial charge is 0.329 e. The lowest BCUT2D eigenvalue weighted by Crippen LogP contribution is -2.28. The maximum atomic E-state index is 5.63. The number of aromatic nitrogens is 2. The molecule has 1 heterocycles. The van der Waals surface area contributed by atoms with E-state index in [1.165, 1.54) is 0 Å². The van der Waals surface area contributed by atoms with Crippen LogP contribution >= 0.6 is 0 Å². The molecule has 0 amide bonds. The van der Waals surface area contributed by atoms with Gasteiger partial charge in [0, 0.05) is 30.9 Å². The van der Waals surface area contributed by atoms with Gasteiger partial charge in [-0.3, -0.25) is 10.00 Å². The maximum Gasteiger partial charge on any atom is 0.0579 e. The predicted octanol–water partition coefficient (Wildman–Crippen LogP) is 0.126. The van der Waals surface area contributed by atoms with E-state index in [4.69, 9.17) is 12.2 Å². The van der Waals surface area contributed by atoms with Crippen LogP contribution in [0.25, 0.3) is 0 Å². The molecule has 0 fully saturated rings. The number of nitrogens with one attached hydrogen (secondary N) is 1. The molecule has 3 N–H and O–H groups in total. The van der Waals surface area contributed by atoms with Crippen LogP contribution in [0.15, 0.2) is 12.4 Å². The van der Waals surface area contributed by atoms with Gasteiger partial charge in [0.05, 0.1) is 12.7 Å². The lowest BCUT2D eigenvalue weighted by atomic mass is 10.1. The smallest absolute Gasteiger partial charge is 0.0579 e. The second-order valence-corrected chi connectivity index (χ2v) is 3.00. The number of terminal acetylenes is 1. The van der Waals surface area contributed by atoms with E-state index in [9.17, 15) is 0 Å². The summed E-state index contributed by atoms with van der Waals surface area (Å²) in [5.41, 5.74) is 6.72. The first kappa shape index (κ1) is 10.8. The Morgan fingerprint density at radius 3 is 3.07 bits per heavy atom. The minimum absolute atomic E-state index is 0.103.